The predicted octanol–water partition coefficient (Wildman–Crippen LogP) is 5.26. The number of nitrogens with zero attached hydrogens (tertiary/aromatic N) is 1. The number of carbonyl (C=O) groups is 3. The van der Waals surface area contributed by atoms with Gasteiger partial charge in [-0.3, -0.25) is 4.79 Å². The molecular weight excluding hydrogens is 432 g/mol. The van der Waals surface area contributed by atoms with Gasteiger partial charge in [0.05, 0.1) is 18.0 Å². The average Bonchev–Trinajstić information content (AvgIpc) is 3.15. The Morgan fingerprint density at radius 1 is 1.09 bits per heavy atom. The number of rotatable bonds is 8. The molecule has 0 spiro atoms. The number of imide groups is 1. The Labute approximate surface area is 201 Å². The van der Waals surface area contributed by atoms with Gasteiger partial charge in [0.1, 0.15) is 12.2 Å². The highest BCUT2D eigenvalue weighted by Crippen LogP contribution is 2.31. The van der Waals surface area contributed by atoms with Gasteiger partial charge >= 0.3 is 12.2 Å². The van der Waals surface area contributed by atoms with E-state index in [-0.39, 0.29) is 12.5 Å². The summed E-state index contributed by atoms with van der Waals surface area (Å²) in [6.07, 6.45) is 0.432. The fraction of sp³-hybridized carbons (Fsp3) is 0.444. The molecule has 0 radical (unpaired) electrons. The lowest BCUT2D eigenvalue weighted by Crippen LogP contribution is -2.48. The van der Waals surface area contributed by atoms with E-state index in [0.717, 1.165) is 11.1 Å². The first kappa shape index (κ1) is 25.3. The summed E-state index contributed by atoms with van der Waals surface area (Å²) in [6.45, 7) is 7.47. The second-order valence-corrected chi connectivity index (χ2v) is 9.56. The van der Waals surface area contributed by atoms with E-state index in [1.54, 1.807) is 20.8 Å². The molecule has 1 aliphatic rings. The highest BCUT2D eigenvalue weighted by Gasteiger charge is 2.43. The standard InChI is InChI=1S/C27H34N2O5/c1-5-12-22(23(20-15-10-7-11-16-20)28-25(31)34-27(2,3)4)24(30)29-21(18-33-26(29)32)17-19-13-8-6-9-14-19/h6-11,13-16,21-23H,5,12,17-18H2,1-4H3,(H,28,31)/t21-,22+,23-/m0/s1. The van der Waals surface area contributed by atoms with Crippen molar-refractivity contribution >= 4 is 18.1 Å². The van der Waals surface area contributed by atoms with Crippen LogP contribution < -0.4 is 5.32 Å². The SMILES string of the molecule is CCC[C@@H](C(=O)N1C(=O)OC[C@@H]1Cc1ccccc1)[C@@H](NC(=O)OC(C)(C)C)c1ccccc1. The van der Waals surface area contributed by atoms with Crippen molar-refractivity contribution in [2.24, 2.45) is 5.92 Å². The second kappa shape index (κ2) is 11.2. The lowest BCUT2D eigenvalue weighted by Gasteiger charge is -2.32. The molecular formula is C27H34N2O5. The van der Waals surface area contributed by atoms with Crippen LogP contribution in [-0.4, -0.2) is 41.2 Å². The Bertz CT molecular complexity index is 972. The van der Waals surface area contributed by atoms with E-state index >= 15 is 0 Å². The summed E-state index contributed by atoms with van der Waals surface area (Å²) in [4.78, 5) is 40.5. The normalized spacial score (nSPS) is 17.6. The maximum absolute atomic E-state index is 13.9. The molecule has 2 aromatic rings. The van der Waals surface area contributed by atoms with Crippen LogP contribution in [0.3, 0.4) is 0 Å². The molecule has 3 atom stereocenters. The molecule has 3 amide bonds. The Kier molecular flexibility index (Phi) is 8.31. The number of hydrogen-bond donors (Lipinski definition) is 1. The van der Waals surface area contributed by atoms with Crippen LogP contribution in [0.1, 0.15) is 57.7 Å². The minimum atomic E-state index is -0.685. The van der Waals surface area contributed by atoms with E-state index in [2.05, 4.69) is 5.32 Å². The van der Waals surface area contributed by atoms with E-state index in [0.29, 0.717) is 19.3 Å². The number of carbonyl (C=O) groups excluding carboxylic acids is 3. The molecule has 7 nitrogen and oxygen atoms in total. The Morgan fingerprint density at radius 2 is 1.71 bits per heavy atom. The van der Waals surface area contributed by atoms with Gasteiger partial charge in [-0.15, -0.1) is 0 Å². The van der Waals surface area contributed by atoms with Crippen molar-refractivity contribution in [1.29, 1.82) is 0 Å². The lowest BCUT2D eigenvalue weighted by atomic mass is 9.87. The molecule has 1 saturated heterocycles. The third-order valence-corrected chi connectivity index (χ3v) is 5.66. The van der Waals surface area contributed by atoms with Gasteiger partial charge in [-0.1, -0.05) is 74.0 Å². The quantitative estimate of drug-likeness (QED) is 0.574. The molecule has 34 heavy (non-hydrogen) atoms. The van der Waals surface area contributed by atoms with Gasteiger partial charge < -0.3 is 14.8 Å². The van der Waals surface area contributed by atoms with E-state index < -0.39 is 35.8 Å². The van der Waals surface area contributed by atoms with E-state index in [9.17, 15) is 14.4 Å². The summed E-state index contributed by atoms with van der Waals surface area (Å²) in [5.74, 6) is -1.01. The molecule has 2 aromatic carbocycles. The molecule has 0 unspecified atom stereocenters. The first-order valence-corrected chi connectivity index (χ1v) is 11.8. The molecule has 182 valence electrons. The molecule has 0 saturated carbocycles. The second-order valence-electron chi connectivity index (χ2n) is 9.56. The maximum Gasteiger partial charge on any atom is 0.416 e. The fourth-order valence-corrected chi connectivity index (χ4v) is 4.20. The Balaban J connectivity index is 1.90. The van der Waals surface area contributed by atoms with Crippen LogP contribution in [0.15, 0.2) is 60.7 Å². The summed E-state index contributed by atoms with van der Waals surface area (Å²) in [7, 11) is 0. The molecule has 3 rings (SSSR count). The number of hydrogen-bond acceptors (Lipinski definition) is 5. The van der Waals surface area contributed by atoms with Gasteiger partial charge in [-0.2, -0.15) is 0 Å². The third-order valence-electron chi connectivity index (χ3n) is 5.66. The maximum atomic E-state index is 13.9. The fourth-order valence-electron chi connectivity index (χ4n) is 4.20. The van der Waals surface area contributed by atoms with E-state index in [1.165, 1.54) is 4.90 Å². The van der Waals surface area contributed by atoms with Crippen LogP contribution in [0.25, 0.3) is 0 Å². The predicted molar refractivity (Wildman–Crippen MR) is 129 cm³/mol. The lowest BCUT2D eigenvalue weighted by molar-refractivity contribution is -0.134. The van der Waals surface area contributed by atoms with Gasteiger partial charge in [-0.25, -0.2) is 14.5 Å². The minimum Gasteiger partial charge on any atom is -0.447 e. The van der Waals surface area contributed by atoms with Crippen LogP contribution >= 0.6 is 0 Å². The summed E-state index contributed by atoms with van der Waals surface area (Å²) >= 11 is 0. The number of amides is 3. The van der Waals surface area contributed by atoms with Crippen LogP contribution in [0.4, 0.5) is 9.59 Å². The Morgan fingerprint density at radius 3 is 2.29 bits per heavy atom. The van der Waals surface area contributed by atoms with Gasteiger partial charge in [0.2, 0.25) is 5.91 Å². The number of ether oxygens (including phenoxy) is 2. The van der Waals surface area contributed by atoms with Gasteiger partial charge in [-0.05, 0) is 44.7 Å². The molecule has 1 fully saturated rings. The van der Waals surface area contributed by atoms with Crippen molar-refractivity contribution in [1.82, 2.24) is 10.2 Å². The molecule has 0 aromatic heterocycles. The zero-order valence-corrected chi connectivity index (χ0v) is 20.3. The van der Waals surface area contributed by atoms with Crippen molar-refractivity contribution in [3.8, 4) is 0 Å². The molecule has 1 heterocycles. The zero-order chi connectivity index (χ0) is 24.7. The van der Waals surface area contributed by atoms with Crippen molar-refractivity contribution in [3.63, 3.8) is 0 Å². The van der Waals surface area contributed by atoms with Crippen LogP contribution in [0.2, 0.25) is 0 Å². The first-order chi connectivity index (χ1) is 16.2. The van der Waals surface area contributed by atoms with Gasteiger partial charge in [0, 0.05) is 0 Å². The minimum absolute atomic E-state index is 0.147. The Hall–Kier alpha value is -3.35. The average molecular weight is 467 g/mol. The highest BCUT2D eigenvalue weighted by atomic mass is 16.6. The summed E-state index contributed by atoms with van der Waals surface area (Å²) in [5.41, 5.74) is 1.10. The topological polar surface area (TPSA) is 84.9 Å². The van der Waals surface area contributed by atoms with Gasteiger partial charge in [0.25, 0.3) is 0 Å². The van der Waals surface area contributed by atoms with Crippen LogP contribution in [0.5, 0.6) is 0 Å². The van der Waals surface area contributed by atoms with Crippen molar-refractivity contribution < 1.29 is 23.9 Å². The van der Waals surface area contributed by atoms with E-state index in [1.807, 2.05) is 67.6 Å². The van der Waals surface area contributed by atoms with Crippen molar-refractivity contribution in [2.45, 2.75) is 64.6 Å². The molecule has 0 bridgehead atoms. The monoisotopic (exact) mass is 466 g/mol. The zero-order valence-electron chi connectivity index (χ0n) is 20.3. The number of nitrogens with one attached hydrogen (secondary N) is 1. The number of cyclic esters (lactones) is 1. The summed E-state index contributed by atoms with van der Waals surface area (Å²) in [5, 5.41) is 2.90. The third kappa shape index (κ3) is 6.59. The summed E-state index contributed by atoms with van der Waals surface area (Å²) in [6, 6.07) is 18.0. The van der Waals surface area contributed by atoms with Crippen LogP contribution in [-0.2, 0) is 20.7 Å². The summed E-state index contributed by atoms with van der Waals surface area (Å²) < 4.78 is 10.8. The first-order valence-electron chi connectivity index (χ1n) is 11.8. The molecule has 0 aliphatic carbocycles. The smallest absolute Gasteiger partial charge is 0.416 e. The highest BCUT2D eigenvalue weighted by molar-refractivity contribution is 5.95. The van der Waals surface area contributed by atoms with Crippen molar-refractivity contribution in [3.05, 3.63) is 71.8 Å². The molecule has 1 N–H and O–H groups in total. The molecule has 7 heteroatoms. The van der Waals surface area contributed by atoms with E-state index in [4.69, 9.17) is 9.47 Å². The van der Waals surface area contributed by atoms with Gasteiger partial charge in [0.15, 0.2) is 0 Å². The van der Waals surface area contributed by atoms with Crippen LogP contribution in [0, 0.1) is 5.92 Å². The molecule has 1 aliphatic heterocycles. The largest absolute Gasteiger partial charge is 0.447 e. The number of benzene rings is 2. The van der Waals surface area contributed by atoms with Crippen molar-refractivity contribution in [2.75, 3.05) is 6.61 Å². The number of alkyl carbamates (subject to hydrolysis) is 1.